The quantitative estimate of drug-likeness (QED) is 0.446. The van der Waals surface area contributed by atoms with Gasteiger partial charge < -0.3 is 20.1 Å². The van der Waals surface area contributed by atoms with Crippen molar-refractivity contribution >= 4 is 22.8 Å². The van der Waals surface area contributed by atoms with Crippen LogP contribution in [0.15, 0.2) is 23.2 Å². The molecule has 90 valence electrons. The van der Waals surface area contributed by atoms with Crippen molar-refractivity contribution in [3.05, 3.63) is 23.8 Å². The largest absolute Gasteiger partial charge is 1.00 e. The van der Waals surface area contributed by atoms with Crippen LogP contribution in [-0.2, 0) is 4.79 Å². The minimum Gasteiger partial charge on any atom is -0.547 e. The molecule has 0 radical (unpaired) electrons. The molecule has 1 atom stereocenters. The van der Waals surface area contributed by atoms with Gasteiger partial charge in [0.1, 0.15) is 10.6 Å². The van der Waals surface area contributed by atoms with Crippen LogP contribution in [0.25, 0.3) is 0 Å². The van der Waals surface area contributed by atoms with Gasteiger partial charge in [0.05, 0.1) is 11.5 Å². The average Bonchev–Trinajstić information content (AvgIpc) is 2.66. The second-order valence-corrected chi connectivity index (χ2v) is 4.90. The summed E-state index contributed by atoms with van der Waals surface area (Å²) in [5, 5.41) is 30.3. The zero-order valence-electron chi connectivity index (χ0n) is 10.0. The Hall–Kier alpha value is -0.690. The summed E-state index contributed by atoms with van der Waals surface area (Å²) in [5.74, 6) is -1.55. The van der Waals surface area contributed by atoms with Crippen molar-refractivity contribution in [1.29, 1.82) is 0 Å². The second-order valence-electron chi connectivity index (χ2n) is 3.94. The van der Waals surface area contributed by atoms with Crippen molar-refractivity contribution in [3.8, 4) is 11.5 Å². The Balaban J connectivity index is 0.00000162. The van der Waals surface area contributed by atoms with E-state index in [4.69, 9.17) is 0 Å². The van der Waals surface area contributed by atoms with Crippen LogP contribution >= 0.6 is 11.8 Å². The maximum Gasteiger partial charge on any atom is 1.00 e. The van der Waals surface area contributed by atoms with E-state index in [1.807, 2.05) is 0 Å². The molecule has 0 amide bonds. The minimum absolute atomic E-state index is 0. The predicted octanol–water partition coefficient (Wildman–Crippen LogP) is -2.90. The third kappa shape index (κ3) is 2.66. The molecule has 0 aliphatic carbocycles. The Morgan fingerprint density at radius 3 is 2.72 bits per heavy atom. The molecule has 1 aromatic rings. The monoisotopic (exact) mass is 275 g/mol. The molecule has 5 nitrogen and oxygen atoms in total. The maximum atomic E-state index is 10.9. The van der Waals surface area contributed by atoms with E-state index in [9.17, 15) is 20.1 Å². The van der Waals surface area contributed by atoms with Crippen molar-refractivity contribution in [1.82, 2.24) is 0 Å². The molecule has 0 spiro atoms. The van der Waals surface area contributed by atoms with Crippen LogP contribution in [0.4, 0.5) is 0 Å². The van der Waals surface area contributed by atoms with Gasteiger partial charge in [0.25, 0.3) is 0 Å². The van der Waals surface area contributed by atoms with Crippen LogP contribution in [0.5, 0.6) is 11.5 Å². The molecule has 1 aliphatic rings. The molecule has 0 fully saturated rings. The average molecular weight is 275 g/mol. The van der Waals surface area contributed by atoms with Crippen LogP contribution < -0.4 is 34.7 Å². The topological polar surface area (TPSA) is 93.0 Å². The SMILES string of the molecule is C[C@]1(C(=O)[O-])CSC(c2cccc(O)c2O)=N1.[Na+]. The number of phenolic OH excluding ortho intramolecular Hbond substituents is 2. The van der Waals surface area contributed by atoms with Gasteiger partial charge in [0.2, 0.25) is 0 Å². The predicted molar refractivity (Wildman–Crippen MR) is 62.2 cm³/mol. The molecule has 0 saturated carbocycles. The number of hydrogen-bond acceptors (Lipinski definition) is 6. The van der Waals surface area contributed by atoms with E-state index in [2.05, 4.69) is 4.99 Å². The summed E-state index contributed by atoms with van der Waals surface area (Å²) in [6.07, 6.45) is 0. The number of carbonyl (C=O) groups is 1. The summed E-state index contributed by atoms with van der Waals surface area (Å²) >= 11 is 1.21. The molecule has 1 aromatic carbocycles. The summed E-state index contributed by atoms with van der Waals surface area (Å²) in [7, 11) is 0. The maximum absolute atomic E-state index is 10.9. The number of aliphatic carboxylic acids is 1. The number of benzene rings is 1. The number of carbonyl (C=O) groups excluding carboxylic acids is 1. The van der Waals surface area contributed by atoms with Crippen LogP contribution in [0.3, 0.4) is 0 Å². The van der Waals surface area contributed by atoms with Gasteiger partial charge in [-0.15, -0.1) is 11.8 Å². The Morgan fingerprint density at radius 2 is 2.17 bits per heavy atom. The fraction of sp³-hybridized carbons (Fsp3) is 0.273. The molecule has 2 rings (SSSR count). The van der Waals surface area contributed by atoms with Crippen molar-refractivity contribution in [2.75, 3.05) is 5.75 Å². The first-order chi connectivity index (χ1) is 7.94. The third-order valence-corrected chi connectivity index (χ3v) is 3.81. The normalized spacial score (nSPS) is 22.2. The Bertz CT molecular complexity index is 520. The van der Waals surface area contributed by atoms with Gasteiger partial charge in [0, 0.05) is 5.75 Å². The number of aromatic hydroxyl groups is 2. The van der Waals surface area contributed by atoms with Gasteiger partial charge in [-0.2, -0.15) is 0 Å². The number of para-hydroxylation sites is 1. The van der Waals surface area contributed by atoms with Crippen molar-refractivity contribution in [2.24, 2.45) is 4.99 Å². The molecule has 18 heavy (non-hydrogen) atoms. The Kier molecular flexibility index (Phi) is 4.72. The fourth-order valence-electron chi connectivity index (χ4n) is 1.44. The zero-order valence-corrected chi connectivity index (χ0v) is 12.8. The van der Waals surface area contributed by atoms with Gasteiger partial charge in [0.15, 0.2) is 11.5 Å². The number of thioether (sulfide) groups is 1. The fourth-order valence-corrected chi connectivity index (χ4v) is 2.63. The molecule has 7 heteroatoms. The van der Waals surface area contributed by atoms with Crippen molar-refractivity contribution < 1.29 is 49.7 Å². The van der Waals surface area contributed by atoms with Gasteiger partial charge >= 0.3 is 29.6 Å². The second kappa shape index (κ2) is 5.52. The number of carboxylic acids is 1. The number of carboxylic acid groups (broad SMARTS) is 1. The molecule has 2 N–H and O–H groups in total. The third-order valence-electron chi connectivity index (χ3n) is 2.52. The number of aliphatic imine (C=N–C) groups is 1. The van der Waals surface area contributed by atoms with E-state index in [0.29, 0.717) is 10.6 Å². The van der Waals surface area contributed by atoms with E-state index in [0.717, 1.165) is 0 Å². The Morgan fingerprint density at radius 1 is 1.50 bits per heavy atom. The molecular weight excluding hydrogens is 265 g/mol. The summed E-state index contributed by atoms with van der Waals surface area (Å²) < 4.78 is 0. The van der Waals surface area contributed by atoms with E-state index in [1.165, 1.54) is 24.8 Å². The molecule has 0 unspecified atom stereocenters. The van der Waals surface area contributed by atoms with Gasteiger partial charge in [-0.3, -0.25) is 4.99 Å². The van der Waals surface area contributed by atoms with Gasteiger partial charge in [-0.1, -0.05) is 6.07 Å². The summed E-state index contributed by atoms with van der Waals surface area (Å²) in [6.45, 7) is 1.46. The van der Waals surface area contributed by atoms with Crippen LogP contribution in [-0.4, -0.2) is 32.5 Å². The van der Waals surface area contributed by atoms with Gasteiger partial charge in [-0.05, 0) is 19.1 Å². The summed E-state index contributed by atoms with van der Waals surface area (Å²) in [5.41, 5.74) is -0.947. The first-order valence-electron chi connectivity index (χ1n) is 4.89. The molecule has 1 aliphatic heterocycles. The van der Waals surface area contributed by atoms with Crippen molar-refractivity contribution in [3.63, 3.8) is 0 Å². The van der Waals surface area contributed by atoms with Crippen LogP contribution in [0, 0.1) is 0 Å². The summed E-state index contributed by atoms with van der Waals surface area (Å²) in [4.78, 5) is 14.9. The first kappa shape index (κ1) is 15.4. The van der Waals surface area contributed by atoms with E-state index in [1.54, 1.807) is 12.1 Å². The van der Waals surface area contributed by atoms with Gasteiger partial charge in [-0.25, -0.2) is 0 Å². The molecule has 0 bridgehead atoms. The number of hydrogen-bond donors (Lipinski definition) is 2. The van der Waals surface area contributed by atoms with E-state index in [-0.39, 0.29) is 46.8 Å². The van der Waals surface area contributed by atoms with E-state index < -0.39 is 11.5 Å². The van der Waals surface area contributed by atoms with Crippen molar-refractivity contribution in [2.45, 2.75) is 12.5 Å². The first-order valence-corrected chi connectivity index (χ1v) is 5.88. The Labute approximate surface area is 130 Å². The standard InChI is InChI=1S/C11H11NO4S.Na/c1-11(10(15)16)5-17-9(12-11)6-3-2-4-7(13)8(6)14;/h2-4,13-14H,5H2,1H3,(H,15,16);/q;+1/p-1/t11-;/m1./s1. The number of phenols is 2. The zero-order chi connectivity index (χ0) is 12.6. The van der Waals surface area contributed by atoms with Crippen LogP contribution in [0.2, 0.25) is 0 Å². The number of nitrogens with zero attached hydrogens (tertiary/aromatic N) is 1. The van der Waals surface area contributed by atoms with E-state index >= 15 is 0 Å². The minimum atomic E-state index is -1.28. The number of rotatable bonds is 2. The van der Waals surface area contributed by atoms with Crippen LogP contribution in [0.1, 0.15) is 12.5 Å². The molecule has 0 saturated heterocycles. The summed E-state index contributed by atoms with van der Waals surface area (Å²) in [6, 6.07) is 4.47. The molecule has 0 aromatic heterocycles. The smallest absolute Gasteiger partial charge is 0.547 e. The molecule has 1 heterocycles. The molecular formula is C11H10NNaO4S.